The Hall–Kier alpha value is -0.480. The molecule has 1 nitrogen and oxygen atoms in total. The van der Waals surface area contributed by atoms with Crippen LogP contribution in [0.25, 0.3) is 0 Å². The van der Waals surface area contributed by atoms with E-state index in [1.54, 1.807) is 11.3 Å². The van der Waals surface area contributed by atoms with E-state index in [1.807, 2.05) is 24.4 Å². The monoisotopic (exact) mass is 205 g/mol. The fraction of sp³-hybridized carbons (Fsp3) is 0.556. The normalized spacial score (nSPS) is 16.1. The lowest BCUT2D eigenvalue weighted by molar-refractivity contribution is 0.101. The number of nitrogens with one attached hydrogen (secondary N) is 1. The van der Waals surface area contributed by atoms with Crippen molar-refractivity contribution >= 4 is 11.3 Å². The van der Waals surface area contributed by atoms with Crippen LogP contribution in [-0.4, -0.2) is 12.5 Å². The second-order valence-corrected chi connectivity index (χ2v) is 4.01. The summed E-state index contributed by atoms with van der Waals surface area (Å²) in [6.45, 7) is 3.39. The van der Waals surface area contributed by atoms with Crippen molar-refractivity contribution in [2.45, 2.75) is 32.4 Å². The van der Waals surface area contributed by atoms with Crippen molar-refractivity contribution in [1.82, 2.24) is 5.32 Å². The number of rotatable bonds is 4. The summed E-state index contributed by atoms with van der Waals surface area (Å²) in [6.07, 6.45) is -2.30. The van der Waals surface area contributed by atoms with Crippen LogP contribution in [0.3, 0.4) is 0 Å². The Kier molecular flexibility index (Phi) is 3.81. The molecule has 0 fully saturated rings. The Labute approximate surface area is 80.8 Å². The topological polar surface area (TPSA) is 12.0 Å². The van der Waals surface area contributed by atoms with Crippen molar-refractivity contribution in [2.24, 2.45) is 0 Å². The Bertz CT molecular complexity index is 236. The first kappa shape index (κ1) is 10.6. The highest BCUT2D eigenvalue weighted by Gasteiger charge is 2.17. The number of hydrogen-bond acceptors (Lipinski definition) is 2. The average Bonchev–Trinajstić information content (AvgIpc) is 2.55. The molecule has 1 heterocycles. The maximum Gasteiger partial charge on any atom is 0.253 e. The summed E-state index contributed by atoms with van der Waals surface area (Å²) in [5.74, 6) is 0. The van der Waals surface area contributed by atoms with Crippen LogP contribution < -0.4 is 5.32 Å². The maximum atomic E-state index is 12.2. The minimum absolute atomic E-state index is 0.00370. The molecular weight excluding hydrogens is 192 g/mol. The predicted molar refractivity (Wildman–Crippen MR) is 51.3 cm³/mol. The molecule has 4 heteroatoms. The van der Waals surface area contributed by atoms with Crippen LogP contribution in [0.15, 0.2) is 17.5 Å². The van der Waals surface area contributed by atoms with E-state index in [1.165, 1.54) is 6.92 Å². The van der Waals surface area contributed by atoms with Gasteiger partial charge < -0.3 is 5.32 Å². The molecule has 1 rings (SSSR count). The lowest BCUT2D eigenvalue weighted by atomic mass is 10.2. The van der Waals surface area contributed by atoms with E-state index in [0.29, 0.717) is 0 Å². The van der Waals surface area contributed by atoms with Crippen LogP contribution in [-0.2, 0) is 0 Å². The molecule has 1 aromatic heterocycles. The molecule has 0 radical (unpaired) electrons. The van der Waals surface area contributed by atoms with E-state index < -0.39 is 12.5 Å². The van der Waals surface area contributed by atoms with Gasteiger partial charge in [0.25, 0.3) is 6.43 Å². The van der Waals surface area contributed by atoms with Crippen molar-refractivity contribution in [1.29, 1.82) is 0 Å². The zero-order chi connectivity index (χ0) is 9.84. The summed E-state index contributed by atoms with van der Waals surface area (Å²) in [4.78, 5) is 1.09. The fourth-order valence-corrected chi connectivity index (χ4v) is 1.83. The van der Waals surface area contributed by atoms with Gasteiger partial charge in [0.2, 0.25) is 0 Å². The zero-order valence-electron chi connectivity index (χ0n) is 7.63. The number of alkyl halides is 2. The lowest BCUT2D eigenvalue weighted by Gasteiger charge is -2.17. The smallest absolute Gasteiger partial charge is 0.253 e. The predicted octanol–water partition coefficient (Wildman–Crippen LogP) is 3.05. The van der Waals surface area contributed by atoms with Crippen LogP contribution in [0, 0.1) is 0 Å². The summed E-state index contributed by atoms with van der Waals surface area (Å²) in [6, 6.07) is 3.12. The first-order valence-corrected chi connectivity index (χ1v) is 5.07. The highest BCUT2D eigenvalue weighted by Crippen LogP contribution is 2.19. The van der Waals surface area contributed by atoms with Gasteiger partial charge in [0.05, 0.1) is 6.04 Å². The molecule has 0 spiro atoms. The SMILES string of the molecule is CC(N[C@@H](C)c1cccs1)C(F)F. The van der Waals surface area contributed by atoms with Gasteiger partial charge in [-0.1, -0.05) is 6.07 Å². The van der Waals surface area contributed by atoms with Gasteiger partial charge in [0.1, 0.15) is 0 Å². The minimum atomic E-state index is -2.30. The summed E-state index contributed by atoms with van der Waals surface area (Å²) >= 11 is 1.58. The van der Waals surface area contributed by atoms with Gasteiger partial charge in [0, 0.05) is 10.9 Å². The zero-order valence-corrected chi connectivity index (χ0v) is 8.44. The molecule has 0 aliphatic carbocycles. The Balaban J connectivity index is 2.46. The molecule has 74 valence electrons. The Morgan fingerprint density at radius 3 is 2.54 bits per heavy atom. The lowest BCUT2D eigenvalue weighted by Crippen LogP contribution is -2.34. The third-order valence-electron chi connectivity index (χ3n) is 1.86. The van der Waals surface area contributed by atoms with E-state index in [2.05, 4.69) is 5.32 Å². The molecule has 2 atom stereocenters. The van der Waals surface area contributed by atoms with E-state index >= 15 is 0 Å². The molecule has 13 heavy (non-hydrogen) atoms. The molecule has 0 bridgehead atoms. The molecule has 0 aliphatic rings. The molecule has 0 aliphatic heterocycles. The average molecular weight is 205 g/mol. The summed E-state index contributed by atoms with van der Waals surface area (Å²) in [7, 11) is 0. The highest BCUT2D eigenvalue weighted by atomic mass is 32.1. The van der Waals surface area contributed by atoms with E-state index in [-0.39, 0.29) is 6.04 Å². The number of thiophene rings is 1. The van der Waals surface area contributed by atoms with Gasteiger partial charge in [-0.25, -0.2) is 8.78 Å². The van der Waals surface area contributed by atoms with Crippen molar-refractivity contribution in [3.8, 4) is 0 Å². The first-order chi connectivity index (χ1) is 6.11. The Morgan fingerprint density at radius 2 is 2.08 bits per heavy atom. The van der Waals surface area contributed by atoms with Crippen LogP contribution in [0.4, 0.5) is 8.78 Å². The van der Waals surface area contributed by atoms with E-state index in [4.69, 9.17) is 0 Å². The molecule has 0 amide bonds. The van der Waals surface area contributed by atoms with Crippen LogP contribution >= 0.6 is 11.3 Å². The molecular formula is C9H13F2NS. The number of halogens is 2. The molecule has 1 aromatic rings. The van der Waals surface area contributed by atoms with Gasteiger partial charge in [-0.2, -0.15) is 0 Å². The van der Waals surface area contributed by atoms with Gasteiger partial charge in [0.15, 0.2) is 0 Å². The largest absolute Gasteiger partial charge is 0.302 e. The van der Waals surface area contributed by atoms with Crippen LogP contribution in [0.5, 0.6) is 0 Å². The van der Waals surface area contributed by atoms with Gasteiger partial charge >= 0.3 is 0 Å². The van der Waals surface area contributed by atoms with Gasteiger partial charge in [-0.05, 0) is 25.3 Å². The van der Waals surface area contributed by atoms with Crippen molar-refractivity contribution in [3.63, 3.8) is 0 Å². The quantitative estimate of drug-likeness (QED) is 0.796. The Morgan fingerprint density at radius 1 is 1.38 bits per heavy atom. The highest BCUT2D eigenvalue weighted by molar-refractivity contribution is 7.10. The van der Waals surface area contributed by atoms with Crippen molar-refractivity contribution < 1.29 is 8.78 Å². The van der Waals surface area contributed by atoms with E-state index in [9.17, 15) is 8.78 Å². The van der Waals surface area contributed by atoms with Crippen molar-refractivity contribution in [3.05, 3.63) is 22.4 Å². The van der Waals surface area contributed by atoms with Gasteiger partial charge in [-0.3, -0.25) is 0 Å². The fourth-order valence-electron chi connectivity index (χ4n) is 1.09. The molecule has 0 aromatic carbocycles. The van der Waals surface area contributed by atoms with Crippen LogP contribution in [0.2, 0.25) is 0 Å². The minimum Gasteiger partial charge on any atom is -0.302 e. The standard InChI is InChI=1S/C9H13F2NS/c1-6(8-4-3-5-13-8)12-7(2)9(10)11/h3-7,9,12H,1-2H3/t6-,7?/m0/s1. The molecule has 1 N–H and O–H groups in total. The van der Waals surface area contributed by atoms with Gasteiger partial charge in [-0.15, -0.1) is 11.3 Å². The van der Waals surface area contributed by atoms with Crippen LogP contribution in [0.1, 0.15) is 24.8 Å². The molecule has 0 saturated heterocycles. The summed E-state index contributed by atoms with van der Waals surface area (Å²) < 4.78 is 24.3. The second kappa shape index (κ2) is 4.67. The molecule has 1 unspecified atom stereocenters. The summed E-state index contributed by atoms with van der Waals surface area (Å²) in [5, 5.41) is 4.79. The molecule has 0 saturated carbocycles. The third kappa shape index (κ3) is 3.04. The number of hydrogen-bond donors (Lipinski definition) is 1. The summed E-state index contributed by atoms with van der Waals surface area (Å²) in [5.41, 5.74) is 0. The van der Waals surface area contributed by atoms with E-state index in [0.717, 1.165) is 4.88 Å². The van der Waals surface area contributed by atoms with Crippen molar-refractivity contribution in [2.75, 3.05) is 0 Å². The first-order valence-electron chi connectivity index (χ1n) is 4.19. The second-order valence-electron chi connectivity index (χ2n) is 3.03. The third-order valence-corrected chi connectivity index (χ3v) is 2.92. The maximum absolute atomic E-state index is 12.2.